The summed E-state index contributed by atoms with van der Waals surface area (Å²) in [5, 5.41) is 13.9. The van der Waals surface area contributed by atoms with Crippen LogP contribution in [0.25, 0.3) is 0 Å². The third-order valence-corrected chi connectivity index (χ3v) is 8.86. The first-order chi connectivity index (χ1) is 13.1. The summed E-state index contributed by atoms with van der Waals surface area (Å²) in [7, 11) is -1.98. The molecule has 1 unspecified atom stereocenters. The van der Waals surface area contributed by atoms with Gasteiger partial charge in [-0.1, -0.05) is 115 Å². The predicted molar refractivity (Wildman–Crippen MR) is 112 cm³/mol. The van der Waals surface area contributed by atoms with Gasteiger partial charge in [0, 0.05) is 18.1 Å². The van der Waals surface area contributed by atoms with Crippen molar-refractivity contribution in [2.24, 2.45) is 0 Å². The number of rotatable bonds is 7. The summed E-state index contributed by atoms with van der Waals surface area (Å²) in [5.41, 5.74) is 2.20. The zero-order chi connectivity index (χ0) is 19.1. The largest absolute Gasteiger partial charge is 1.00 e. The average molecular weight is 380 g/mol. The molecule has 0 fully saturated rings. The van der Waals surface area contributed by atoms with Gasteiger partial charge in [-0.15, -0.1) is 0 Å². The molecule has 0 aliphatic heterocycles. The fourth-order valence-corrected chi connectivity index (χ4v) is 6.33. The maximum Gasteiger partial charge on any atom is 1.00 e. The van der Waals surface area contributed by atoms with Crippen LogP contribution in [0.5, 0.6) is 0 Å². The Kier molecular flexibility index (Phi) is 8.20. The van der Waals surface area contributed by atoms with Gasteiger partial charge in [-0.3, -0.25) is 0 Å². The number of ether oxygens (including phenoxy) is 1. The predicted octanol–water partition coefficient (Wildman–Crippen LogP) is 1.35. The fourth-order valence-electron chi connectivity index (χ4n) is 3.34. The second-order valence-corrected chi connectivity index (χ2v) is 11.9. The zero-order valence-electron chi connectivity index (χ0n) is 16.8. The summed E-state index contributed by atoms with van der Waals surface area (Å²) in [6, 6.07) is 30.6. The van der Waals surface area contributed by atoms with E-state index < -0.39 is 8.07 Å². The molecule has 0 saturated carbocycles. The second kappa shape index (κ2) is 10.4. The standard InChI is InChI=1S/C24H26O2Si.Li/c1-27(2,22-16-10-5-11-17-22)23(21-14-8-4-9-15-21)18-24(25)26-19-20-12-6-3-7-13-20;/h3-18,23,25H,19H2,1-2H3;/q;+1/p-1/b24-18-;. The fraction of sp³-hybridized carbons (Fsp3) is 0.167. The van der Waals surface area contributed by atoms with Gasteiger partial charge < -0.3 is 9.84 Å². The summed E-state index contributed by atoms with van der Waals surface area (Å²) >= 11 is 0. The SMILES string of the molecule is C[Si](C)(c1ccccc1)C(/C=C(/[O-])OCc1ccccc1)c1ccccc1.[Li+]. The van der Waals surface area contributed by atoms with Crippen molar-refractivity contribution in [1.29, 1.82) is 0 Å². The minimum Gasteiger partial charge on any atom is -0.609 e. The van der Waals surface area contributed by atoms with Crippen LogP contribution in [0, 0.1) is 0 Å². The normalized spacial score (nSPS) is 12.7. The van der Waals surface area contributed by atoms with Gasteiger partial charge in [-0.2, -0.15) is 0 Å². The molecule has 28 heavy (non-hydrogen) atoms. The van der Waals surface area contributed by atoms with E-state index in [2.05, 4.69) is 49.5 Å². The molecule has 0 amide bonds. The monoisotopic (exact) mass is 380 g/mol. The van der Waals surface area contributed by atoms with Crippen molar-refractivity contribution in [3.8, 4) is 0 Å². The van der Waals surface area contributed by atoms with Crippen LogP contribution in [0.3, 0.4) is 0 Å². The number of hydrogen-bond donors (Lipinski definition) is 0. The molecule has 3 aromatic carbocycles. The maximum atomic E-state index is 12.6. The average Bonchev–Trinajstić information content (AvgIpc) is 2.72. The molecule has 3 rings (SSSR count). The first-order valence-corrected chi connectivity index (χ1v) is 12.3. The Labute approximate surface area is 181 Å². The van der Waals surface area contributed by atoms with Crippen LogP contribution in [0.15, 0.2) is 103 Å². The Morgan fingerprint density at radius 1 is 0.857 bits per heavy atom. The van der Waals surface area contributed by atoms with Crippen LogP contribution < -0.4 is 29.2 Å². The first-order valence-electron chi connectivity index (χ1n) is 9.23. The molecule has 1 atom stereocenters. The van der Waals surface area contributed by atoms with Crippen LogP contribution in [-0.4, -0.2) is 8.07 Å². The van der Waals surface area contributed by atoms with E-state index in [-0.39, 0.29) is 30.3 Å². The molecule has 0 saturated heterocycles. The topological polar surface area (TPSA) is 32.3 Å². The number of hydrogen-bond acceptors (Lipinski definition) is 2. The van der Waals surface area contributed by atoms with E-state index in [1.54, 1.807) is 6.08 Å². The molecule has 3 aromatic rings. The molecule has 0 spiro atoms. The molecule has 0 heterocycles. The Morgan fingerprint density at radius 2 is 1.36 bits per heavy atom. The van der Waals surface area contributed by atoms with Crippen molar-refractivity contribution in [3.63, 3.8) is 0 Å². The van der Waals surface area contributed by atoms with E-state index in [4.69, 9.17) is 4.74 Å². The third-order valence-electron chi connectivity index (χ3n) is 4.98. The molecule has 138 valence electrons. The van der Waals surface area contributed by atoms with E-state index in [1.165, 1.54) is 5.19 Å². The van der Waals surface area contributed by atoms with E-state index in [9.17, 15) is 5.11 Å². The molecule has 0 aliphatic carbocycles. The van der Waals surface area contributed by atoms with Gasteiger partial charge in [0.1, 0.15) is 0 Å². The molecule has 0 bridgehead atoms. The summed E-state index contributed by atoms with van der Waals surface area (Å²) in [6.45, 7) is 4.91. The minimum atomic E-state index is -1.98. The van der Waals surface area contributed by atoms with Crippen molar-refractivity contribution >= 4 is 13.3 Å². The smallest absolute Gasteiger partial charge is 0.609 e. The van der Waals surface area contributed by atoms with Gasteiger partial charge in [0.15, 0.2) is 0 Å². The quantitative estimate of drug-likeness (QED) is 0.458. The summed E-state index contributed by atoms with van der Waals surface area (Å²) in [6.07, 6.45) is 1.78. The van der Waals surface area contributed by atoms with Crippen molar-refractivity contribution in [1.82, 2.24) is 0 Å². The molecule has 0 aliphatic rings. The summed E-state index contributed by atoms with van der Waals surface area (Å²) < 4.78 is 5.54. The van der Waals surface area contributed by atoms with Gasteiger partial charge >= 0.3 is 18.9 Å². The van der Waals surface area contributed by atoms with Gasteiger partial charge in [0.2, 0.25) is 0 Å². The second-order valence-electron chi connectivity index (χ2n) is 7.24. The third kappa shape index (κ3) is 5.66. The summed E-state index contributed by atoms with van der Waals surface area (Å²) in [4.78, 5) is 0. The molecule has 4 heteroatoms. The Hall–Kier alpha value is -2.19. The van der Waals surface area contributed by atoms with E-state index in [0.29, 0.717) is 6.61 Å². The van der Waals surface area contributed by atoms with E-state index in [0.717, 1.165) is 11.1 Å². The van der Waals surface area contributed by atoms with Crippen molar-refractivity contribution in [2.75, 3.05) is 0 Å². The van der Waals surface area contributed by atoms with E-state index >= 15 is 0 Å². The van der Waals surface area contributed by atoms with E-state index in [1.807, 2.05) is 54.6 Å². The molecule has 0 aromatic heterocycles. The van der Waals surface area contributed by atoms with Crippen molar-refractivity contribution < 1.29 is 28.7 Å². The van der Waals surface area contributed by atoms with Crippen LogP contribution in [0.1, 0.15) is 16.7 Å². The first kappa shape index (κ1) is 22.1. The zero-order valence-corrected chi connectivity index (χ0v) is 17.8. The number of benzene rings is 3. The van der Waals surface area contributed by atoms with Crippen molar-refractivity contribution in [2.45, 2.75) is 25.2 Å². The van der Waals surface area contributed by atoms with Gasteiger partial charge in [0.05, 0.1) is 8.07 Å². The van der Waals surface area contributed by atoms with Gasteiger partial charge in [-0.05, 0) is 11.1 Å². The molecule has 0 N–H and O–H groups in total. The maximum absolute atomic E-state index is 12.6. The van der Waals surface area contributed by atoms with Crippen molar-refractivity contribution in [3.05, 3.63) is 114 Å². The molecule has 2 nitrogen and oxygen atoms in total. The number of allylic oxidation sites excluding steroid dienone is 1. The Bertz CT molecular complexity index is 865. The molecule has 0 radical (unpaired) electrons. The van der Waals surface area contributed by atoms with Crippen LogP contribution in [0.2, 0.25) is 13.1 Å². The van der Waals surface area contributed by atoms with Gasteiger partial charge in [0.25, 0.3) is 0 Å². The Morgan fingerprint density at radius 3 is 1.93 bits per heavy atom. The Balaban J connectivity index is 0.00000280. The van der Waals surface area contributed by atoms with Crippen LogP contribution in [0.4, 0.5) is 0 Å². The summed E-state index contributed by atoms with van der Waals surface area (Å²) in [5.74, 6) is -0.260. The van der Waals surface area contributed by atoms with Crippen LogP contribution >= 0.6 is 0 Å². The minimum absolute atomic E-state index is 0. The van der Waals surface area contributed by atoms with Gasteiger partial charge in [-0.25, -0.2) is 0 Å². The molecular weight excluding hydrogens is 355 g/mol. The molecular formula is C24H25LiO2Si. The van der Waals surface area contributed by atoms with Crippen LogP contribution in [-0.2, 0) is 11.3 Å².